The number of Topliss-reactive ketones (excluding diaryl/α,β-unsaturated/α-hetero) is 1. The molecule has 3 heteroatoms. The predicted molar refractivity (Wildman–Crippen MR) is 68.6 cm³/mol. The van der Waals surface area contributed by atoms with E-state index in [1.807, 2.05) is 23.1 Å². The molecule has 0 atom stereocenters. The van der Waals surface area contributed by atoms with Crippen molar-refractivity contribution >= 4 is 11.7 Å². The van der Waals surface area contributed by atoms with Gasteiger partial charge in [-0.1, -0.05) is 24.3 Å². The van der Waals surface area contributed by atoms with E-state index in [1.54, 1.807) is 6.92 Å². The summed E-state index contributed by atoms with van der Waals surface area (Å²) in [4.78, 5) is 25.3. The number of ketones is 1. The number of fused-ring (bicyclic) bond motifs is 2. The molecule has 0 saturated carbocycles. The fourth-order valence-corrected chi connectivity index (χ4v) is 3.38. The standard InChI is InChI=1S/C15H17NO2/c1-11(17)16-8-6-15(7-9-16)10-14(18)12-4-2-3-5-13(12)15/h2-5H,6-10H2,1H3. The molecule has 1 fully saturated rings. The molecule has 1 saturated heterocycles. The van der Waals surface area contributed by atoms with Gasteiger partial charge in [0.1, 0.15) is 0 Å². The molecule has 1 aromatic rings. The maximum Gasteiger partial charge on any atom is 0.219 e. The number of amides is 1. The average Bonchev–Trinajstić information content (AvgIpc) is 2.64. The quantitative estimate of drug-likeness (QED) is 0.700. The predicted octanol–water partition coefficient (Wildman–Crippen LogP) is 2.15. The highest BCUT2D eigenvalue weighted by Crippen LogP contribution is 2.45. The molecule has 1 aromatic carbocycles. The van der Waals surface area contributed by atoms with Gasteiger partial charge in [-0.3, -0.25) is 9.59 Å². The molecule has 0 bridgehead atoms. The third-order valence-corrected chi connectivity index (χ3v) is 4.46. The number of piperidine rings is 1. The molecule has 94 valence electrons. The topological polar surface area (TPSA) is 37.4 Å². The lowest BCUT2D eigenvalue weighted by Gasteiger charge is -2.39. The Labute approximate surface area is 107 Å². The lowest BCUT2D eigenvalue weighted by Crippen LogP contribution is -2.43. The van der Waals surface area contributed by atoms with Crippen molar-refractivity contribution in [2.45, 2.75) is 31.6 Å². The number of likely N-dealkylation sites (tertiary alicyclic amines) is 1. The van der Waals surface area contributed by atoms with E-state index in [0.717, 1.165) is 31.5 Å². The second kappa shape index (κ2) is 3.94. The van der Waals surface area contributed by atoms with Crippen LogP contribution in [0.15, 0.2) is 24.3 Å². The van der Waals surface area contributed by atoms with Crippen LogP contribution in [0.5, 0.6) is 0 Å². The summed E-state index contributed by atoms with van der Waals surface area (Å²) in [5.41, 5.74) is 2.10. The minimum absolute atomic E-state index is 0.000370. The molecule has 1 aliphatic carbocycles. The van der Waals surface area contributed by atoms with Gasteiger partial charge in [-0.15, -0.1) is 0 Å². The van der Waals surface area contributed by atoms with Crippen LogP contribution < -0.4 is 0 Å². The highest BCUT2D eigenvalue weighted by molar-refractivity contribution is 6.02. The van der Waals surface area contributed by atoms with Gasteiger partial charge >= 0.3 is 0 Å². The van der Waals surface area contributed by atoms with E-state index in [4.69, 9.17) is 0 Å². The van der Waals surface area contributed by atoms with E-state index < -0.39 is 0 Å². The summed E-state index contributed by atoms with van der Waals surface area (Å²) in [7, 11) is 0. The van der Waals surface area contributed by atoms with Gasteiger partial charge in [-0.25, -0.2) is 0 Å². The lowest BCUT2D eigenvalue weighted by atomic mass is 9.74. The van der Waals surface area contributed by atoms with Crippen LogP contribution in [0.3, 0.4) is 0 Å². The molecule has 0 aromatic heterocycles. The highest BCUT2D eigenvalue weighted by atomic mass is 16.2. The van der Waals surface area contributed by atoms with Gasteiger partial charge in [0.05, 0.1) is 0 Å². The van der Waals surface area contributed by atoms with Gasteiger partial charge in [-0.2, -0.15) is 0 Å². The van der Waals surface area contributed by atoms with Crippen molar-refractivity contribution in [1.29, 1.82) is 0 Å². The van der Waals surface area contributed by atoms with E-state index in [1.165, 1.54) is 5.56 Å². The van der Waals surface area contributed by atoms with Crippen LogP contribution in [0.4, 0.5) is 0 Å². The van der Waals surface area contributed by atoms with Gasteiger partial charge in [0, 0.05) is 37.4 Å². The van der Waals surface area contributed by atoms with Crippen molar-refractivity contribution in [1.82, 2.24) is 4.90 Å². The second-order valence-electron chi connectivity index (χ2n) is 5.43. The van der Waals surface area contributed by atoms with Crippen LogP contribution in [-0.4, -0.2) is 29.7 Å². The van der Waals surface area contributed by atoms with Crippen molar-refractivity contribution < 1.29 is 9.59 Å². The molecule has 2 aliphatic rings. The van der Waals surface area contributed by atoms with Crippen LogP contribution in [0.2, 0.25) is 0 Å². The first-order valence-electron chi connectivity index (χ1n) is 6.51. The van der Waals surface area contributed by atoms with E-state index in [2.05, 4.69) is 6.07 Å². The van der Waals surface area contributed by atoms with Crippen LogP contribution in [-0.2, 0) is 10.2 Å². The lowest BCUT2D eigenvalue weighted by molar-refractivity contribution is -0.130. The Balaban J connectivity index is 1.91. The van der Waals surface area contributed by atoms with Gasteiger partial charge in [-0.05, 0) is 18.4 Å². The smallest absolute Gasteiger partial charge is 0.219 e. The van der Waals surface area contributed by atoms with E-state index in [9.17, 15) is 9.59 Å². The summed E-state index contributed by atoms with van der Waals surface area (Å²) in [5, 5.41) is 0. The summed E-state index contributed by atoms with van der Waals surface area (Å²) in [6, 6.07) is 7.96. The van der Waals surface area contributed by atoms with Crippen molar-refractivity contribution in [3.63, 3.8) is 0 Å². The number of hydrogen-bond donors (Lipinski definition) is 0. The first-order valence-corrected chi connectivity index (χ1v) is 6.51. The minimum Gasteiger partial charge on any atom is -0.343 e. The summed E-state index contributed by atoms with van der Waals surface area (Å²) < 4.78 is 0. The van der Waals surface area contributed by atoms with Gasteiger partial charge in [0.15, 0.2) is 5.78 Å². The van der Waals surface area contributed by atoms with E-state index >= 15 is 0 Å². The van der Waals surface area contributed by atoms with Crippen molar-refractivity contribution in [2.75, 3.05) is 13.1 Å². The molecule has 0 N–H and O–H groups in total. The maximum atomic E-state index is 12.1. The molecule has 0 radical (unpaired) electrons. The molecular formula is C15H17NO2. The highest BCUT2D eigenvalue weighted by Gasteiger charge is 2.45. The summed E-state index contributed by atoms with van der Waals surface area (Å²) in [6.07, 6.45) is 2.45. The second-order valence-corrected chi connectivity index (χ2v) is 5.43. The Morgan fingerprint density at radius 2 is 1.89 bits per heavy atom. The number of nitrogens with zero attached hydrogens (tertiary/aromatic N) is 1. The zero-order valence-electron chi connectivity index (χ0n) is 10.6. The first kappa shape index (κ1) is 11.5. The maximum absolute atomic E-state index is 12.1. The monoisotopic (exact) mass is 243 g/mol. The number of rotatable bonds is 0. The van der Waals surface area contributed by atoms with Crippen LogP contribution in [0.1, 0.15) is 42.1 Å². The van der Waals surface area contributed by atoms with Crippen LogP contribution in [0, 0.1) is 0 Å². The molecule has 3 rings (SSSR count). The SMILES string of the molecule is CC(=O)N1CCC2(CC1)CC(=O)c1ccccc12. The van der Waals surface area contributed by atoms with Crippen LogP contribution in [0.25, 0.3) is 0 Å². The fraction of sp³-hybridized carbons (Fsp3) is 0.467. The number of carbonyl (C=O) groups is 2. The number of benzene rings is 1. The molecule has 18 heavy (non-hydrogen) atoms. The van der Waals surface area contributed by atoms with E-state index in [0.29, 0.717) is 6.42 Å². The molecule has 1 aliphatic heterocycles. The Morgan fingerprint density at radius 3 is 2.56 bits per heavy atom. The Kier molecular flexibility index (Phi) is 2.51. The van der Waals surface area contributed by atoms with Crippen molar-refractivity contribution in [3.8, 4) is 0 Å². The van der Waals surface area contributed by atoms with Gasteiger partial charge in [0.25, 0.3) is 0 Å². The largest absolute Gasteiger partial charge is 0.343 e. The van der Waals surface area contributed by atoms with Crippen LogP contribution >= 0.6 is 0 Å². The first-order chi connectivity index (χ1) is 8.62. The Morgan fingerprint density at radius 1 is 1.22 bits per heavy atom. The summed E-state index contributed by atoms with van der Waals surface area (Å²) >= 11 is 0. The van der Waals surface area contributed by atoms with E-state index in [-0.39, 0.29) is 17.1 Å². The summed E-state index contributed by atoms with van der Waals surface area (Å²) in [6.45, 7) is 3.17. The zero-order chi connectivity index (χ0) is 12.8. The Hall–Kier alpha value is -1.64. The average molecular weight is 243 g/mol. The third-order valence-electron chi connectivity index (χ3n) is 4.46. The van der Waals surface area contributed by atoms with Gasteiger partial charge in [0.2, 0.25) is 5.91 Å². The molecule has 1 heterocycles. The summed E-state index contributed by atoms with van der Waals surface area (Å²) in [5.74, 6) is 0.407. The Bertz CT molecular complexity index is 513. The molecular weight excluding hydrogens is 226 g/mol. The molecule has 3 nitrogen and oxygen atoms in total. The van der Waals surface area contributed by atoms with Crippen molar-refractivity contribution in [3.05, 3.63) is 35.4 Å². The number of carbonyl (C=O) groups excluding carboxylic acids is 2. The van der Waals surface area contributed by atoms with Gasteiger partial charge < -0.3 is 4.90 Å². The normalized spacial score (nSPS) is 21.2. The zero-order valence-corrected chi connectivity index (χ0v) is 10.6. The van der Waals surface area contributed by atoms with Crippen molar-refractivity contribution in [2.24, 2.45) is 0 Å². The minimum atomic E-state index is -0.000370. The fourth-order valence-electron chi connectivity index (χ4n) is 3.38. The molecule has 1 spiro atoms. The molecule has 1 amide bonds. The third kappa shape index (κ3) is 1.57. The number of hydrogen-bond acceptors (Lipinski definition) is 2. The molecule has 0 unspecified atom stereocenters.